The third-order valence-electron chi connectivity index (χ3n) is 2.40. The second-order valence-corrected chi connectivity index (χ2v) is 5.44. The van der Waals surface area contributed by atoms with Crippen LogP contribution in [0.15, 0.2) is 17.5 Å². The average Bonchev–Trinajstić information content (AvgIpc) is 3.08. The van der Waals surface area contributed by atoms with Gasteiger partial charge >= 0.3 is 0 Å². The van der Waals surface area contributed by atoms with E-state index in [4.69, 9.17) is 4.74 Å². The summed E-state index contributed by atoms with van der Waals surface area (Å²) < 4.78 is 9.09. The quantitative estimate of drug-likeness (QED) is 0.797. The molecule has 0 radical (unpaired) electrons. The lowest BCUT2D eigenvalue weighted by atomic mass is 10.3. The van der Waals surface area contributed by atoms with Gasteiger partial charge in [-0.2, -0.15) is 0 Å². The predicted octanol–water partition coefficient (Wildman–Crippen LogP) is 2.42. The maximum Gasteiger partial charge on any atom is 0.265 e. The molecular weight excluding hydrogens is 282 g/mol. The van der Waals surface area contributed by atoms with E-state index in [9.17, 15) is 4.79 Å². The van der Waals surface area contributed by atoms with Crippen molar-refractivity contribution in [3.8, 4) is 10.6 Å². The highest BCUT2D eigenvalue weighted by Gasteiger charge is 2.17. The van der Waals surface area contributed by atoms with E-state index in [1.165, 1.54) is 0 Å². The molecule has 2 heterocycles. The maximum atomic E-state index is 12.0. The topological polar surface area (TPSA) is 64.1 Å². The fraction of sp³-hybridized carbons (Fsp3) is 0.417. The van der Waals surface area contributed by atoms with Gasteiger partial charge in [0, 0.05) is 19.8 Å². The zero-order valence-corrected chi connectivity index (χ0v) is 12.2. The number of carbonyl (C=O) groups is 1. The van der Waals surface area contributed by atoms with Crippen molar-refractivity contribution in [2.45, 2.75) is 13.3 Å². The normalized spacial score (nSPS) is 10.6. The molecule has 2 aromatic heterocycles. The molecule has 0 fully saturated rings. The number of nitrogens with one attached hydrogen (secondary N) is 1. The summed E-state index contributed by atoms with van der Waals surface area (Å²) >= 11 is 2.68. The molecule has 0 aromatic carbocycles. The number of thiophene rings is 1. The second kappa shape index (κ2) is 7.32. The fourth-order valence-electron chi connectivity index (χ4n) is 1.51. The lowest BCUT2D eigenvalue weighted by molar-refractivity contribution is 0.0948. The molecule has 0 aliphatic rings. The number of carbonyl (C=O) groups excluding carboxylic acids is 1. The summed E-state index contributed by atoms with van der Waals surface area (Å²) in [5.74, 6) is -0.116. The molecule has 102 valence electrons. The molecule has 0 aliphatic heterocycles. The minimum Gasteiger partial charge on any atom is -0.382 e. The van der Waals surface area contributed by atoms with Gasteiger partial charge in [0.2, 0.25) is 0 Å². The Balaban J connectivity index is 1.91. The Morgan fingerprint density at radius 3 is 3.16 bits per heavy atom. The molecule has 0 unspecified atom stereocenters. The van der Waals surface area contributed by atoms with Crippen molar-refractivity contribution in [2.75, 3.05) is 19.8 Å². The van der Waals surface area contributed by atoms with Gasteiger partial charge in [0.05, 0.1) is 4.88 Å². The van der Waals surface area contributed by atoms with Gasteiger partial charge in [0.25, 0.3) is 5.91 Å². The van der Waals surface area contributed by atoms with Crippen molar-refractivity contribution in [3.05, 3.63) is 22.4 Å². The highest BCUT2D eigenvalue weighted by Crippen LogP contribution is 2.27. The summed E-state index contributed by atoms with van der Waals surface area (Å²) in [7, 11) is 0. The summed E-state index contributed by atoms with van der Waals surface area (Å²) in [6.07, 6.45) is 0.806. The number of nitrogens with zero attached hydrogens (tertiary/aromatic N) is 2. The molecule has 0 atom stereocenters. The van der Waals surface area contributed by atoms with E-state index in [2.05, 4.69) is 14.9 Å². The highest BCUT2D eigenvalue weighted by molar-refractivity contribution is 7.14. The van der Waals surface area contributed by atoms with Crippen molar-refractivity contribution in [1.29, 1.82) is 0 Å². The Labute approximate surface area is 119 Å². The molecule has 1 N–H and O–H groups in total. The summed E-state index contributed by atoms with van der Waals surface area (Å²) in [4.78, 5) is 13.6. The SMILES string of the molecule is CCOCCCNC(=O)c1snnc1-c1cccs1. The molecule has 0 bridgehead atoms. The smallest absolute Gasteiger partial charge is 0.265 e. The van der Waals surface area contributed by atoms with Crippen LogP contribution >= 0.6 is 22.9 Å². The van der Waals surface area contributed by atoms with Crippen LogP contribution < -0.4 is 5.32 Å². The summed E-state index contributed by atoms with van der Waals surface area (Å²) in [6.45, 7) is 3.92. The molecule has 7 heteroatoms. The Kier molecular flexibility index (Phi) is 5.44. The molecule has 5 nitrogen and oxygen atoms in total. The third-order valence-corrected chi connectivity index (χ3v) is 4.01. The van der Waals surface area contributed by atoms with E-state index < -0.39 is 0 Å². The summed E-state index contributed by atoms with van der Waals surface area (Å²) in [5, 5.41) is 8.85. The first-order valence-corrected chi connectivity index (χ1v) is 7.70. The van der Waals surface area contributed by atoms with Crippen LogP contribution in [0, 0.1) is 0 Å². The highest BCUT2D eigenvalue weighted by atomic mass is 32.1. The molecule has 0 saturated carbocycles. The fourth-order valence-corrected chi connectivity index (χ4v) is 2.89. The van der Waals surface area contributed by atoms with Gasteiger partial charge in [0.15, 0.2) is 0 Å². The minimum atomic E-state index is -0.116. The van der Waals surface area contributed by atoms with Gasteiger partial charge in [-0.25, -0.2) is 0 Å². The monoisotopic (exact) mass is 297 g/mol. The second-order valence-electron chi connectivity index (χ2n) is 3.73. The van der Waals surface area contributed by atoms with Crippen LogP contribution in [0.2, 0.25) is 0 Å². The first-order valence-electron chi connectivity index (χ1n) is 6.05. The van der Waals surface area contributed by atoms with Crippen LogP contribution in [0.1, 0.15) is 23.0 Å². The van der Waals surface area contributed by atoms with Crippen LogP contribution in [0.5, 0.6) is 0 Å². The average molecular weight is 297 g/mol. The number of hydrogen-bond acceptors (Lipinski definition) is 6. The van der Waals surface area contributed by atoms with E-state index in [0.29, 0.717) is 30.3 Å². The van der Waals surface area contributed by atoms with Crippen LogP contribution in [0.25, 0.3) is 10.6 Å². The Bertz CT molecular complexity index is 511. The molecule has 0 saturated heterocycles. The van der Waals surface area contributed by atoms with Crippen LogP contribution in [-0.4, -0.2) is 35.3 Å². The molecule has 19 heavy (non-hydrogen) atoms. The lowest BCUT2D eigenvalue weighted by Crippen LogP contribution is -2.25. The Morgan fingerprint density at radius 2 is 2.42 bits per heavy atom. The van der Waals surface area contributed by atoms with Gasteiger partial charge in [-0.15, -0.1) is 16.4 Å². The third kappa shape index (κ3) is 3.82. The van der Waals surface area contributed by atoms with E-state index in [-0.39, 0.29) is 5.91 Å². The standard InChI is InChI=1S/C12H15N3O2S2/c1-2-17-7-4-6-13-12(16)11-10(14-15-19-11)9-5-3-8-18-9/h3,5,8H,2,4,6-7H2,1H3,(H,13,16). The van der Waals surface area contributed by atoms with Gasteiger partial charge in [0.1, 0.15) is 10.6 Å². The largest absolute Gasteiger partial charge is 0.382 e. The zero-order chi connectivity index (χ0) is 13.5. The Hall–Kier alpha value is -1.31. The number of ether oxygens (including phenoxy) is 1. The number of amides is 1. The van der Waals surface area contributed by atoms with E-state index in [1.807, 2.05) is 24.4 Å². The molecule has 2 aromatic rings. The van der Waals surface area contributed by atoms with E-state index >= 15 is 0 Å². The number of rotatable bonds is 7. The van der Waals surface area contributed by atoms with Crippen molar-refractivity contribution < 1.29 is 9.53 Å². The van der Waals surface area contributed by atoms with Gasteiger partial charge in [-0.3, -0.25) is 4.79 Å². The molecule has 1 amide bonds. The van der Waals surface area contributed by atoms with E-state index in [1.54, 1.807) is 11.3 Å². The Morgan fingerprint density at radius 1 is 1.53 bits per heavy atom. The maximum absolute atomic E-state index is 12.0. The van der Waals surface area contributed by atoms with Crippen LogP contribution in [0.3, 0.4) is 0 Å². The molecule has 2 rings (SSSR count). The van der Waals surface area contributed by atoms with E-state index in [0.717, 1.165) is 22.8 Å². The molecule has 0 aliphatic carbocycles. The lowest BCUT2D eigenvalue weighted by Gasteiger charge is -2.04. The zero-order valence-electron chi connectivity index (χ0n) is 10.6. The van der Waals surface area contributed by atoms with Crippen molar-refractivity contribution in [3.63, 3.8) is 0 Å². The van der Waals surface area contributed by atoms with Crippen LogP contribution in [-0.2, 0) is 4.74 Å². The first-order chi connectivity index (χ1) is 9.33. The number of aromatic nitrogens is 2. The van der Waals surface area contributed by atoms with Crippen LogP contribution in [0.4, 0.5) is 0 Å². The number of hydrogen-bond donors (Lipinski definition) is 1. The first kappa shape index (κ1) is 14.1. The summed E-state index contributed by atoms with van der Waals surface area (Å²) in [6, 6.07) is 3.87. The predicted molar refractivity (Wildman–Crippen MR) is 76.7 cm³/mol. The molecular formula is C12H15N3O2S2. The van der Waals surface area contributed by atoms with Gasteiger partial charge < -0.3 is 10.1 Å². The summed E-state index contributed by atoms with van der Waals surface area (Å²) in [5.41, 5.74) is 0.669. The molecule has 0 spiro atoms. The van der Waals surface area contributed by atoms with Gasteiger partial charge in [-0.05, 0) is 36.3 Å². The van der Waals surface area contributed by atoms with Crippen molar-refractivity contribution in [2.24, 2.45) is 0 Å². The van der Waals surface area contributed by atoms with Gasteiger partial charge in [-0.1, -0.05) is 10.6 Å². The minimum absolute atomic E-state index is 0.116. The van der Waals surface area contributed by atoms with Crippen molar-refractivity contribution in [1.82, 2.24) is 14.9 Å². The van der Waals surface area contributed by atoms with Crippen molar-refractivity contribution >= 4 is 28.8 Å².